The van der Waals surface area contributed by atoms with E-state index in [1.54, 1.807) is 0 Å². The summed E-state index contributed by atoms with van der Waals surface area (Å²) in [7, 11) is 0. The first-order valence-corrected chi connectivity index (χ1v) is 6.19. The van der Waals surface area contributed by atoms with Crippen molar-refractivity contribution in [2.45, 2.75) is 26.0 Å². The summed E-state index contributed by atoms with van der Waals surface area (Å²) in [5, 5.41) is 9.08. The van der Waals surface area contributed by atoms with Gasteiger partial charge in [0.1, 0.15) is 0 Å². The highest BCUT2D eigenvalue weighted by molar-refractivity contribution is 9.10. The van der Waals surface area contributed by atoms with E-state index in [1.165, 1.54) is 31.5 Å². The molecule has 2 nitrogen and oxygen atoms in total. The molecule has 3 heteroatoms. The first-order chi connectivity index (χ1) is 7.29. The van der Waals surface area contributed by atoms with Crippen molar-refractivity contribution in [2.24, 2.45) is 0 Å². The summed E-state index contributed by atoms with van der Waals surface area (Å²) in [6, 6.07) is 6.07. The molecular weight excluding hydrogens is 254 g/mol. The van der Waals surface area contributed by atoms with Crippen LogP contribution in [-0.2, 0) is 13.2 Å². The minimum absolute atomic E-state index is 0.125. The highest BCUT2D eigenvalue weighted by Gasteiger charge is 2.13. The lowest BCUT2D eigenvalue weighted by molar-refractivity contribution is 0.281. The van der Waals surface area contributed by atoms with Gasteiger partial charge in [-0.05, 0) is 43.1 Å². The maximum Gasteiger partial charge on any atom is 0.0681 e. The van der Waals surface area contributed by atoms with Crippen molar-refractivity contribution in [2.75, 3.05) is 13.1 Å². The van der Waals surface area contributed by atoms with E-state index in [0.29, 0.717) is 0 Å². The number of benzene rings is 1. The Morgan fingerprint density at radius 2 is 2.00 bits per heavy atom. The molecule has 1 aliphatic heterocycles. The van der Waals surface area contributed by atoms with Crippen LogP contribution in [-0.4, -0.2) is 23.1 Å². The van der Waals surface area contributed by atoms with Crippen molar-refractivity contribution in [1.82, 2.24) is 4.90 Å². The summed E-state index contributed by atoms with van der Waals surface area (Å²) in [5.41, 5.74) is 2.27. The maximum absolute atomic E-state index is 9.08. The molecule has 1 heterocycles. The summed E-state index contributed by atoms with van der Waals surface area (Å²) in [4.78, 5) is 2.46. The topological polar surface area (TPSA) is 23.5 Å². The van der Waals surface area contributed by atoms with Gasteiger partial charge in [0.15, 0.2) is 0 Å². The van der Waals surface area contributed by atoms with Gasteiger partial charge in [-0.3, -0.25) is 4.90 Å². The average molecular weight is 270 g/mol. The standard InChI is InChI=1S/C12H16BrNO/c13-12-4-3-10(9-15)7-11(12)8-14-5-1-2-6-14/h3-4,7,15H,1-2,5-6,8-9H2. The molecule has 82 valence electrons. The molecule has 0 radical (unpaired) electrons. The predicted octanol–water partition coefficient (Wildman–Crippen LogP) is 2.54. The number of aliphatic hydroxyl groups is 1. The molecule has 2 rings (SSSR count). The van der Waals surface area contributed by atoms with Crippen molar-refractivity contribution in [1.29, 1.82) is 0 Å². The fraction of sp³-hybridized carbons (Fsp3) is 0.500. The predicted molar refractivity (Wildman–Crippen MR) is 64.6 cm³/mol. The SMILES string of the molecule is OCc1ccc(Br)c(CN2CCCC2)c1. The fourth-order valence-electron chi connectivity index (χ4n) is 2.03. The number of likely N-dealkylation sites (tertiary alicyclic amines) is 1. The summed E-state index contributed by atoms with van der Waals surface area (Å²) >= 11 is 3.56. The zero-order chi connectivity index (χ0) is 10.7. The lowest BCUT2D eigenvalue weighted by atomic mass is 10.1. The van der Waals surface area contributed by atoms with Crippen LogP contribution in [0.5, 0.6) is 0 Å². The number of hydrogen-bond acceptors (Lipinski definition) is 2. The summed E-state index contributed by atoms with van der Waals surface area (Å²) < 4.78 is 1.15. The molecule has 15 heavy (non-hydrogen) atoms. The Morgan fingerprint density at radius 1 is 1.27 bits per heavy atom. The fourth-order valence-corrected chi connectivity index (χ4v) is 2.40. The molecule has 1 saturated heterocycles. The van der Waals surface area contributed by atoms with Gasteiger partial charge in [0.2, 0.25) is 0 Å². The number of nitrogens with zero attached hydrogens (tertiary/aromatic N) is 1. The van der Waals surface area contributed by atoms with Gasteiger partial charge in [-0.2, -0.15) is 0 Å². The van der Waals surface area contributed by atoms with E-state index in [4.69, 9.17) is 5.11 Å². The molecule has 0 amide bonds. The molecule has 0 saturated carbocycles. The molecule has 0 unspecified atom stereocenters. The van der Waals surface area contributed by atoms with Crippen molar-refractivity contribution in [3.05, 3.63) is 33.8 Å². The molecule has 1 N–H and O–H groups in total. The van der Waals surface area contributed by atoms with Gasteiger partial charge in [-0.1, -0.05) is 28.1 Å². The molecule has 0 bridgehead atoms. The smallest absolute Gasteiger partial charge is 0.0681 e. The largest absolute Gasteiger partial charge is 0.392 e. The van der Waals surface area contributed by atoms with Gasteiger partial charge >= 0.3 is 0 Å². The van der Waals surface area contributed by atoms with Crippen LogP contribution in [0.25, 0.3) is 0 Å². The van der Waals surface area contributed by atoms with Crippen molar-refractivity contribution in [3.63, 3.8) is 0 Å². The van der Waals surface area contributed by atoms with Gasteiger partial charge in [0.25, 0.3) is 0 Å². The van der Waals surface area contributed by atoms with E-state index >= 15 is 0 Å². The monoisotopic (exact) mass is 269 g/mol. The van der Waals surface area contributed by atoms with E-state index < -0.39 is 0 Å². The van der Waals surface area contributed by atoms with Crippen LogP contribution in [0, 0.1) is 0 Å². The highest BCUT2D eigenvalue weighted by Crippen LogP contribution is 2.22. The van der Waals surface area contributed by atoms with Crippen LogP contribution in [0.4, 0.5) is 0 Å². The van der Waals surface area contributed by atoms with Crippen molar-refractivity contribution < 1.29 is 5.11 Å². The average Bonchev–Trinajstić information content (AvgIpc) is 2.74. The quantitative estimate of drug-likeness (QED) is 0.912. The molecule has 0 atom stereocenters. The Kier molecular flexibility index (Phi) is 3.78. The van der Waals surface area contributed by atoms with E-state index in [9.17, 15) is 0 Å². The van der Waals surface area contributed by atoms with Crippen LogP contribution < -0.4 is 0 Å². The van der Waals surface area contributed by atoms with Gasteiger partial charge in [-0.25, -0.2) is 0 Å². The second-order valence-corrected chi connectivity index (χ2v) is 4.92. The molecule has 1 aromatic carbocycles. The molecule has 1 fully saturated rings. The van der Waals surface area contributed by atoms with E-state index in [1.807, 2.05) is 12.1 Å². The van der Waals surface area contributed by atoms with Gasteiger partial charge in [0.05, 0.1) is 6.61 Å². The third-order valence-corrected chi connectivity index (χ3v) is 3.66. The Hall–Kier alpha value is -0.380. The Bertz CT molecular complexity index is 334. The lowest BCUT2D eigenvalue weighted by Crippen LogP contribution is -2.18. The number of halogens is 1. The minimum atomic E-state index is 0.125. The van der Waals surface area contributed by atoms with Gasteiger partial charge in [0, 0.05) is 11.0 Å². The van der Waals surface area contributed by atoms with Crippen LogP contribution in [0.3, 0.4) is 0 Å². The Labute approximate surface area is 99.0 Å². The van der Waals surface area contributed by atoms with Crippen LogP contribution in [0.1, 0.15) is 24.0 Å². The first kappa shape index (κ1) is 11.1. The molecular formula is C12H16BrNO. The molecule has 1 aliphatic rings. The van der Waals surface area contributed by atoms with Gasteiger partial charge < -0.3 is 5.11 Å². The number of aliphatic hydroxyl groups excluding tert-OH is 1. The Morgan fingerprint density at radius 3 is 2.67 bits per heavy atom. The third-order valence-electron chi connectivity index (χ3n) is 2.89. The van der Waals surface area contributed by atoms with Gasteiger partial charge in [-0.15, -0.1) is 0 Å². The van der Waals surface area contributed by atoms with Crippen LogP contribution in [0.2, 0.25) is 0 Å². The van der Waals surface area contributed by atoms with Crippen LogP contribution in [0.15, 0.2) is 22.7 Å². The summed E-state index contributed by atoms with van der Waals surface area (Å²) in [6.45, 7) is 3.53. The molecule has 0 aliphatic carbocycles. The zero-order valence-electron chi connectivity index (χ0n) is 8.75. The first-order valence-electron chi connectivity index (χ1n) is 5.40. The molecule has 1 aromatic rings. The minimum Gasteiger partial charge on any atom is -0.392 e. The second-order valence-electron chi connectivity index (χ2n) is 4.07. The molecule has 0 spiro atoms. The summed E-state index contributed by atoms with van der Waals surface area (Å²) in [6.07, 6.45) is 2.63. The van der Waals surface area contributed by atoms with E-state index in [2.05, 4.69) is 26.9 Å². The lowest BCUT2D eigenvalue weighted by Gasteiger charge is -2.16. The van der Waals surface area contributed by atoms with Crippen LogP contribution >= 0.6 is 15.9 Å². The van der Waals surface area contributed by atoms with E-state index in [0.717, 1.165) is 16.6 Å². The summed E-state index contributed by atoms with van der Waals surface area (Å²) in [5.74, 6) is 0. The third kappa shape index (κ3) is 2.80. The van der Waals surface area contributed by atoms with E-state index in [-0.39, 0.29) is 6.61 Å². The number of hydrogen-bond donors (Lipinski definition) is 1. The van der Waals surface area contributed by atoms with Crippen molar-refractivity contribution >= 4 is 15.9 Å². The van der Waals surface area contributed by atoms with Crippen molar-refractivity contribution in [3.8, 4) is 0 Å². The normalized spacial score (nSPS) is 17.2. The highest BCUT2D eigenvalue weighted by atomic mass is 79.9. The second kappa shape index (κ2) is 5.10. The maximum atomic E-state index is 9.08. The Balaban J connectivity index is 2.11. The molecule has 0 aromatic heterocycles. The number of rotatable bonds is 3. The zero-order valence-corrected chi connectivity index (χ0v) is 10.3.